The maximum Gasteiger partial charge on any atom is 0.217 e. The quantitative estimate of drug-likeness (QED) is 0.685. The molecule has 144 valence electrons. The molecule has 0 spiro atoms. The second-order valence-corrected chi connectivity index (χ2v) is 7.72. The highest BCUT2D eigenvalue weighted by Crippen LogP contribution is 2.41. The highest BCUT2D eigenvalue weighted by molar-refractivity contribution is 5.74. The second-order valence-electron chi connectivity index (χ2n) is 7.72. The molecule has 3 rings (SSSR count). The minimum atomic E-state index is -0.353. The largest absolute Gasteiger partial charge is 0.508 e. The van der Waals surface area contributed by atoms with E-state index in [9.17, 15) is 15.0 Å². The van der Waals surface area contributed by atoms with Gasteiger partial charge in [0.25, 0.3) is 0 Å². The van der Waals surface area contributed by atoms with Crippen molar-refractivity contribution < 1.29 is 15.0 Å². The number of benzene rings is 2. The number of hydrogen-bond donors (Lipinski definition) is 3. The molecule has 0 bridgehead atoms. The number of rotatable bonds is 7. The summed E-state index contributed by atoms with van der Waals surface area (Å²) in [5.41, 5.74) is 9.78. The number of fused-ring (bicyclic) bond motifs is 1. The lowest BCUT2D eigenvalue weighted by molar-refractivity contribution is -0.117. The van der Waals surface area contributed by atoms with Gasteiger partial charge < -0.3 is 15.9 Å². The van der Waals surface area contributed by atoms with E-state index >= 15 is 0 Å². The minimum absolute atomic E-state index is 0.243. The number of amides is 1. The van der Waals surface area contributed by atoms with E-state index in [1.807, 2.05) is 18.2 Å². The first-order chi connectivity index (χ1) is 13.0. The zero-order valence-corrected chi connectivity index (χ0v) is 15.9. The van der Waals surface area contributed by atoms with Crippen LogP contribution >= 0.6 is 0 Å². The number of nitrogens with two attached hydrogens (primary N) is 1. The van der Waals surface area contributed by atoms with Crippen molar-refractivity contribution in [2.45, 2.75) is 57.8 Å². The minimum Gasteiger partial charge on any atom is -0.508 e. The van der Waals surface area contributed by atoms with Gasteiger partial charge in [0.2, 0.25) is 5.91 Å². The predicted octanol–water partition coefficient (Wildman–Crippen LogP) is 4.20. The van der Waals surface area contributed by atoms with E-state index in [2.05, 4.69) is 13.0 Å². The van der Waals surface area contributed by atoms with Crippen LogP contribution in [0.25, 0.3) is 0 Å². The Balaban J connectivity index is 1.90. The number of phenolic OH excluding ortho intramolecular Hbond substituents is 2. The number of unbranched alkanes of at least 4 members (excludes halogenated alkanes) is 1. The number of aryl methyl sites for hydroxylation is 1. The number of aromatic hydroxyl groups is 2. The smallest absolute Gasteiger partial charge is 0.217 e. The van der Waals surface area contributed by atoms with Crippen molar-refractivity contribution in [2.24, 2.45) is 11.7 Å². The fourth-order valence-electron chi connectivity index (χ4n) is 4.27. The molecule has 27 heavy (non-hydrogen) atoms. The summed E-state index contributed by atoms with van der Waals surface area (Å²) in [7, 11) is 0. The van der Waals surface area contributed by atoms with Crippen LogP contribution in [-0.4, -0.2) is 16.1 Å². The van der Waals surface area contributed by atoms with E-state index in [0.29, 0.717) is 24.0 Å². The summed E-state index contributed by atoms with van der Waals surface area (Å²) in [4.78, 5) is 11.1. The zero-order valence-electron chi connectivity index (χ0n) is 15.9. The Labute approximate surface area is 161 Å². The normalized spacial score (nSPS) is 18.9. The molecule has 1 aliphatic carbocycles. The van der Waals surface area contributed by atoms with Crippen LogP contribution in [0.15, 0.2) is 36.4 Å². The number of carbonyl (C=O) groups is 1. The van der Waals surface area contributed by atoms with Gasteiger partial charge in [-0.2, -0.15) is 0 Å². The van der Waals surface area contributed by atoms with Crippen molar-refractivity contribution in [3.63, 3.8) is 0 Å². The zero-order chi connectivity index (χ0) is 19.4. The number of phenols is 2. The molecule has 0 fully saturated rings. The van der Waals surface area contributed by atoms with Gasteiger partial charge in [-0.05, 0) is 78.0 Å². The molecule has 0 radical (unpaired) electrons. The van der Waals surface area contributed by atoms with Crippen LogP contribution < -0.4 is 5.73 Å². The van der Waals surface area contributed by atoms with E-state index in [0.717, 1.165) is 24.8 Å². The van der Waals surface area contributed by atoms with Crippen molar-refractivity contribution >= 4 is 5.91 Å². The standard InChI is InChI=1S/C23H29NO3/c1-2-3-4-16-11-19-14-22(26)17(7-10-23(24)27)12-18(19)13-21(16)15-5-8-20(25)9-6-15/h5-6,8-9,12,14,16,21,25-26H,2-4,7,10-11,13H2,1H3,(H2,24,27)/t16-,21-/m0/s1. The maximum absolute atomic E-state index is 11.1. The van der Waals surface area contributed by atoms with Crippen molar-refractivity contribution in [3.05, 3.63) is 58.7 Å². The molecule has 0 aliphatic heterocycles. The van der Waals surface area contributed by atoms with Gasteiger partial charge in [0.05, 0.1) is 0 Å². The van der Waals surface area contributed by atoms with E-state index < -0.39 is 0 Å². The van der Waals surface area contributed by atoms with Crippen molar-refractivity contribution in [2.75, 3.05) is 0 Å². The summed E-state index contributed by atoms with van der Waals surface area (Å²) >= 11 is 0. The van der Waals surface area contributed by atoms with Gasteiger partial charge in [-0.15, -0.1) is 0 Å². The number of carbonyl (C=O) groups excluding carboxylic acids is 1. The van der Waals surface area contributed by atoms with E-state index in [1.165, 1.54) is 29.5 Å². The van der Waals surface area contributed by atoms with Gasteiger partial charge in [-0.1, -0.05) is 38.0 Å². The molecule has 2 aromatic rings. The Morgan fingerprint density at radius 3 is 2.48 bits per heavy atom. The molecular weight excluding hydrogens is 338 g/mol. The molecule has 0 heterocycles. The number of primary amides is 1. The molecule has 4 N–H and O–H groups in total. The van der Waals surface area contributed by atoms with Crippen LogP contribution in [0.3, 0.4) is 0 Å². The topological polar surface area (TPSA) is 83.5 Å². The van der Waals surface area contributed by atoms with Crippen LogP contribution in [0.5, 0.6) is 11.5 Å². The summed E-state index contributed by atoms with van der Waals surface area (Å²) < 4.78 is 0. The van der Waals surface area contributed by atoms with Crippen LogP contribution in [0.4, 0.5) is 0 Å². The first-order valence-electron chi connectivity index (χ1n) is 9.88. The van der Waals surface area contributed by atoms with E-state index in [-0.39, 0.29) is 18.1 Å². The first-order valence-corrected chi connectivity index (χ1v) is 9.88. The summed E-state index contributed by atoms with van der Waals surface area (Å²) in [5, 5.41) is 20.0. The Hall–Kier alpha value is -2.49. The third-order valence-electron chi connectivity index (χ3n) is 5.78. The maximum atomic E-state index is 11.1. The lowest BCUT2D eigenvalue weighted by atomic mass is 9.70. The van der Waals surface area contributed by atoms with Crippen LogP contribution in [0.2, 0.25) is 0 Å². The second kappa shape index (κ2) is 8.47. The average Bonchev–Trinajstić information content (AvgIpc) is 2.64. The Morgan fingerprint density at radius 2 is 1.81 bits per heavy atom. The number of hydrogen-bond acceptors (Lipinski definition) is 3. The third kappa shape index (κ3) is 4.62. The summed E-state index contributed by atoms with van der Waals surface area (Å²) in [6, 6.07) is 11.5. The van der Waals surface area contributed by atoms with E-state index in [1.54, 1.807) is 12.1 Å². The van der Waals surface area contributed by atoms with Gasteiger partial charge in [-0.3, -0.25) is 4.79 Å². The predicted molar refractivity (Wildman–Crippen MR) is 107 cm³/mol. The molecule has 0 aromatic heterocycles. The lowest BCUT2D eigenvalue weighted by Gasteiger charge is -2.34. The fraction of sp³-hybridized carbons (Fsp3) is 0.435. The molecule has 4 nitrogen and oxygen atoms in total. The fourth-order valence-corrected chi connectivity index (χ4v) is 4.27. The highest BCUT2D eigenvalue weighted by atomic mass is 16.3. The molecule has 4 heteroatoms. The summed E-state index contributed by atoms with van der Waals surface area (Å²) in [6.07, 6.45) is 6.10. The lowest BCUT2D eigenvalue weighted by Crippen LogP contribution is -2.24. The Morgan fingerprint density at radius 1 is 1.11 bits per heavy atom. The van der Waals surface area contributed by atoms with Gasteiger partial charge in [0.15, 0.2) is 0 Å². The average molecular weight is 367 g/mol. The van der Waals surface area contributed by atoms with Gasteiger partial charge in [0.1, 0.15) is 11.5 Å². The Bertz CT molecular complexity index is 798. The van der Waals surface area contributed by atoms with Crippen LogP contribution in [0, 0.1) is 5.92 Å². The molecular formula is C23H29NO3. The molecule has 0 saturated heterocycles. The van der Waals surface area contributed by atoms with Gasteiger partial charge >= 0.3 is 0 Å². The molecule has 2 atom stereocenters. The molecule has 0 saturated carbocycles. The van der Waals surface area contributed by atoms with Crippen molar-refractivity contribution in [1.29, 1.82) is 0 Å². The Kier molecular flexibility index (Phi) is 6.04. The van der Waals surface area contributed by atoms with Crippen molar-refractivity contribution in [1.82, 2.24) is 0 Å². The van der Waals surface area contributed by atoms with Gasteiger partial charge in [-0.25, -0.2) is 0 Å². The van der Waals surface area contributed by atoms with Crippen molar-refractivity contribution in [3.8, 4) is 11.5 Å². The van der Waals surface area contributed by atoms with Crippen LogP contribution in [-0.2, 0) is 24.1 Å². The SMILES string of the molecule is CCCC[C@H]1Cc2cc(O)c(CCC(N)=O)cc2C[C@H]1c1ccc(O)cc1. The summed E-state index contributed by atoms with van der Waals surface area (Å²) in [6.45, 7) is 2.21. The molecule has 0 unspecified atom stereocenters. The summed E-state index contributed by atoms with van der Waals surface area (Å²) in [5.74, 6) is 1.14. The third-order valence-corrected chi connectivity index (χ3v) is 5.78. The van der Waals surface area contributed by atoms with Gasteiger partial charge in [0, 0.05) is 6.42 Å². The first kappa shape index (κ1) is 19.3. The molecule has 1 aliphatic rings. The highest BCUT2D eigenvalue weighted by Gasteiger charge is 2.30. The molecule has 2 aromatic carbocycles. The van der Waals surface area contributed by atoms with Crippen LogP contribution in [0.1, 0.15) is 60.8 Å². The monoisotopic (exact) mass is 367 g/mol. The van der Waals surface area contributed by atoms with E-state index in [4.69, 9.17) is 5.73 Å². The molecule has 1 amide bonds.